The summed E-state index contributed by atoms with van der Waals surface area (Å²) in [6.07, 6.45) is 0. The predicted molar refractivity (Wildman–Crippen MR) is 241 cm³/mol. The molecule has 3 aromatic heterocycles. The molecule has 0 bridgehead atoms. The summed E-state index contributed by atoms with van der Waals surface area (Å²) in [5.74, 6) is 1.63. The van der Waals surface area contributed by atoms with E-state index in [1.165, 1.54) is 0 Å². The van der Waals surface area contributed by atoms with Crippen molar-refractivity contribution < 1.29 is 0 Å². The highest BCUT2D eigenvalue weighted by Crippen LogP contribution is 2.43. The summed E-state index contributed by atoms with van der Waals surface area (Å²) in [6, 6.07) is 65.9. The molecule has 0 radical (unpaired) electrons. The molecule has 11 aromatic rings. The standard InChI is InChI=1S/C53H31N7/c1-55-40-25-20-34(21-26-40)35-22-27-41(28-23-35)59-45-18-10-8-16-42(45)49-47(59)30-31-48-50(49)43-17-9-11-19-46(43)60(48)44-29-24-38(32-39(44)33-54)53-57-51(36-12-4-2-5-13-36)56-52(58-53)37-14-6-3-7-15-37/h2-32H. The molecule has 7 nitrogen and oxygen atoms in total. The Balaban J connectivity index is 1.08. The van der Waals surface area contributed by atoms with E-state index in [1.54, 1.807) is 0 Å². The number of para-hydroxylation sites is 2. The van der Waals surface area contributed by atoms with E-state index in [1.807, 2.05) is 103 Å². The molecule has 11 rings (SSSR count). The van der Waals surface area contributed by atoms with Crippen molar-refractivity contribution in [2.45, 2.75) is 0 Å². The van der Waals surface area contributed by atoms with Crippen LogP contribution < -0.4 is 0 Å². The minimum Gasteiger partial charge on any atom is -0.309 e. The van der Waals surface area contributed by atoms with Crippen LogP contribution in [0.5, 0.6) is 0 Å². The molecule has 0 aliphatic rings. The Kier molecular flexibility index (Phi) is 8.11. The Labute approximate surface area is 345 Å². The van der Waals surface area contributed by atoms with Gasteiger partial charge in [-0.2, -0.15) is 5.26 Å². The van der Waals surface area contributed by atoms with Gasteiger partial charge in [0.1, 0.15) is 6.07 Å². The normalized spacial score (nSPS) is 11.3. The monoisotopic (exact) mass is 765 g/mol. The van der Waals surface area contributed by atoms with Gasteiger partial charge in [0.25, 0.3) is 0 Å². The fraction of sp³-hybridized carbons (Fsp3) is 0. The lowest BCUT2D eigenvalue weighted by Gasteiger charge is -2.13. The van der Waals surface area contributed by atoms with Gasteiger partial charge in [-0.05, 0) is 65.7 Å². The summed E-state index contributed by atoms with van der Waals surface area (Å²) in [6.45, 7) is 7.31. The van der Waals surface area contributed by atoms with Crippen LogP contribution in [0.15, 0.2) is 188 Å². The van der Waals surface area contributed by atoms with E-state index >= 15 is 0 Å². The van der Waals surface area contributed by atoms with Gasteiger partial charge in [0.15, 0.2) is 23.2 Å². The van der Waals surface area contributed by atoms with E-state index in [0.29, 0.717) is 28.7 Å². The number of hydrogen-bond acceptors (Lipinski definition) is 4. The van der Waals surface area contributed by atoms with Crippen LogP contribution in [0.2, 0.25) is 0 Å². The lowest BCUT2D eigenvalue weighted by atomic mass is 10.0. The maximum absolute atomic E-state index is 10.8. The summed E-state index contributed by atoms with van der Waals surface area (Å²) in [4.78, 5) is 18.3. The van der Waals surface area contributed by atoms with Gasteiger partial charge in [-0.15, -0.1) is 0 Å². The zero-order valence-electron chi connectivity index (χ0n) is 32.0. The summed E-state index contributed by atoms with van der Waals surface area (Å²) >= 11 is 0. The average Bonchev–Trinajstić information content (AvgIpc) is 3.84. The Hall–Kier alpha value is -8.65. The van der Waals surface area contributed by atoms with E-state index in [2.05, 4.69) is 105 Å². The molecule has 0 aliphatic carbocycles. The van der Waals surface area contributed by atoms with E-state index in [0.717, 1.165) is 82.8 Å². The zero-order chi connectivity index (χ0) is 40.2. The highest BCUT2D eigenvalue weighted by Gasteiger charge is 2.22. The van der Waals surface area contributed by atoms with Gasteiger partial charge in [0.05, 0.1) is 39.9 Å². The van der Waals surface area contributed by atoms with Crippen LogP contribution in [0.3, 0.4) is 0 Å². The SMILES string of the molecule is [C-]#[N+]c1ccc(-c2ccc(-n3c4ccccc4c4c5c6ccccc6n(-c6ccc(-c7nc(-c8ccccc8)nc(-c8ccccc8)n7)cc6C#N)c5ccc43)cc2)cc1. The fourth-order valence-corrected chi connectivity index (χ4v) is 8.48. The number of hydrogen-bond donors (Lipinski definition) is 0. The van der Waals surface area contributed by atoms with Gasteiger partial charge in [-0.3, -0.25) is 0 Å². The minimum absolute atomic E-state index is 0.494. The largest absolute Gasteiger partial charge is 0.309 e. The van der Waals surface area contributed by atoms with Crippen molar-refractivity contribution in [2.24, 2.45) is 0 Å². The Morgan fingerprint density at radius 3 is 1.45 bits per heavy atom. The van der Waals surface area contributed by atoms with Crippen LogP contribution >= 0.6 is 0 Å². The summed E-state index contributed by atoms with van der Waals surface area (Å²) in [5, 5.41) is 15.4. The molecule has 0 saturated carbocycles. The molecular formula is C53H31N7. The third-order valence-electron chi connectivity index (χ3n) is 11.2. The molecular weight excluding hydrogens is 735 g/mol. The topological polar surface area (TPSA) is 76.7 Å². The van der Waals surface area contributed by atoms with E-state index in [9.17, 15) is 5.26 Å². The first kappa shape index (κ1) is 34.6. The first-order valence-corrected chi connectivity index (χ1v) is 19.6. The van der Waals surface area contributed by atoms with Crippen molar-refractivity contribution in [1.82, 2.24) is 24.1 Å². The second kappa shape index (κ2) is 14.1. The van der Waals surface area contributed by atoms with Crippen LogP contribution in [-0.2, 0) is 0 Å². The van der Waals surface area contributed by atoms with Gasteiger partial charge in [-0.25, -0.2) is 19.8 Å². The van der Waals surface area contributed by atoms with Crippen LogP contribution in [0.25, 0.3) is 105 Å². The van der Waals surface area contributed by atoms with Crippen molar-refractivity contribution in [1.29, 1.82) is 5.26 Å². The third kappa shape index (κ3) is 5.61. The fourth-order valence-electron chi connectivity index (χ4n) is 8.48. The van der Waals surface area contributed by atoms with Crippen molar-refractivity contribution in [2.75, 3.05) is 0 Å². The number of nitriles is 1. The van der Waals surface area contributed by atoms with E-state index < -0.39 is 0 Å². The van der Waals surface area contributed by atoms with Crippen molar-refractivity contribution in [3.63, 3.8) is 0 Å². The Bertz CT molecular complexity index is 3480. The second-order valence-electron chi connectivity index (χ2n) is 14.6. The molecule has 0 spiro atoms. The minimum atomic E-state index is 0.494. The number of benzene rings is 8. The average molecular weight is 766 g/mol. The van der Waals surface area contributed by atoms with Crippen molar-refractivity contribution in [3.05, 3.63) is 205 Å². The first-order valence-electron chi connectivity index (χ1n) is 19.6. The number of fused-ring (bicyclic) bond motifs is 7. The first-order chi connectivity index (χ1) is 29.7. The number of nitrogens with zero attached hydrogens (tertiary/aromatic N) is 7. The van der Waals surface area contributed by atoms with Gasteiger partial charge < -0.3 is 9.13 Å². The Morgan fingerprint density at radius 2 is 0.900 bits per heavy atom. The third-order valence-corrected chi connectivity index (χ3v) is 11.2. The summed E-state index contributed by atoms with van der Waals surface area (Å²) in [7, 11) is 0. The molecule has 8 aromatic carbocycles. The summed E-state index contributed by atoms with van der Waals surface area (Å²) < 4.78 is 4.55. The smallest absolute Gasteiger partial charge is 0.187 e. The van der Waals surface area contributed by atoms with Crippen molar-refractivity contribution in [3.8, 4) is 62.7 Å². The molecule has 3 heterocycles. The van der Waals surface area contributed by atoms with Crippen LogP contribution in [0, 0.1) is 17.9 Å². The number of aromatic nitrogens is 5. The lowest BCUT2D eigenvalue weighted by Crippen LogP contribution is -2.02. The second-order valence-corrected chi connectivity index (χ2v) is 14.6. The van der Waals surface area contributed by atoms with Crippen LogP contribution in [-0.4, -0.2) is 24.1 Å². The maximum Gasteiger partial charge on any atom is 0.187 e. The molecule has 0 N–H and O–H groups in total. The van der Waals surface area contributed by atoms with Crippen LogP contribution in [0.1, 0.15) is 5.56 Å². The van der Waals surface area contributed by atoms with Crippen molar-refractivity contribution >= 4 is 49.3 Å². The van der Waals surface area contributed by atoms with Gasteiger partial charge >= 0.3 is 0 Å². The lowest BCUT2D eigenvalue weighted by molar-refractivity contribution is 1.07. The molecule has 0 aliphatic heterocycles. The molecule has 278 valence electrons. The molecule has 0 unspecified atom stereocenters. The molecule has 60 heavy (non-hydrogen) atoms. The molecule has 0 fully saturated rings. The van der Waals surface area contributed by atoms with Gasteiger partial charge in [0.2, 0.25) is 0 Å². The van der Waals surface area contributed by atoms with Crippen LogP contribution in [0.4, 0.5) is 5.69 Å². The predicted octanol–water partition coefficient (Wildman–Crippen LogP) is 13.2. The Morgan fingerprint density at radius 1 is 0.433 bits per heavy atom. The summed E-state index contributed by atoms with van der Waals surface area (Å²) in [5.41, 5.74) is 11.8. The highest BCUT2D eigenvalue weighted by atomic mass is 15.0. The maximum atomic E-state index is 10.8. The zero-order valence-corrected chi connectivity index (χ0v) is 32.0. The van der Waals surface area contributed by atoms with E-state index in [4.69, 9.17) is 21.5 Å². The van der Waals surface area contributed by atoms with Gasteiger partial charge in [0, 0.05) is 43.9 Å². The molecule has 7 heteroatoms. The van der Waals surface area contributed by atoms with E-state index in [-0.39, 0.29) is 0 Å². The molecule has 0 amide bonds. The number of rotatable bonds is 6. The molecule has 0 atom stereocenters. The molecule has 0 saturated heterocycles. The quantitative estimate of drug-likeness (QED) is 0.158. The van der Waals surface area contributed by atoms with Gasteiger partial charge in [-0.1, -0.05) is 133 Å². The highest BCUT2D eigenvalue weighted by molar-refractivity contribution is 6.29.